The molecule has 4 heteroatoms. The lowest BCUT2D eigenvalue weighted by Crippen LogP contribution is -2.42. The van der Waals surface area contributed by atoms with Gasteiger partial charge in [0, 0.05) is 25.0 Å². The van der Waals surface area contributed by atoms with Crippen LogP contribution in [0.25, 0.3) is 0 Å². The highest BCUT2D eigenvalue weighted by molar-refractivity contribution is 5.76. The molecule has 0 radical (unpaired) electrons. The number of carbonyl (C=O) groups is 1. The van der Waals surface area contributed by atoms with Crippen molar-refractivity contribution < 1.29 is 9.90 Å². The number of aliphatic hydroxyl groups is 1. The summed E-state index contributed by atoms with van der Waals surface area (Å²) in [6.45, 7) is 3.75. The summed E-state index contributed by atoms with van der Waals surface area (Å²) in [4.78, 5) is 11.7. The fourth-order valence-corrected chi connectivity index (χ4v) is 2.99. The van der Waals surface area contributed by atoms with Crippen molar-refractivity contribution >= 4 is 5.91 Å². The molecule has 1 amide bonds. The Bertz CT molecular complexity index is 274. The molecule has 0 aromatic heterocycles. The Kier molecular flexibility index (Phi) is 3.73. The summed E-state index contributed by atoms with van der Waals surface area (Å²) >= 11 is 0. The van der Waals surface area contributed by atoms with Gasteiger partial charge in [0.25, 0.3) is 0 Å². The van der Waals surface area contributed by atoms with E-state index >= 15 is 0 Å². The first-order valence-electron chi connectivity index (χ1n) is 6.67. The molecule has 2 heterocycles. The van der Waals surface area contributed by atoms with Crippen molar-refractivity contribution in [3.63, 3.8) is 0 Å². The number of piperidine rings is 1. The van der Waals surface area contributed by atoms with Gasteiger partial charge >= 0.3 is 0 Å². The highest BCUT2D eigenvalue weighted by Crippen LogP contribution is 2.32. The van der Waals surface area contributed by atoms with Crippen LogP contribution in [0.15, 0.2) is 0 Å². The second-order valence-electron chi connectivity index (χ2n) is 6.27. The predicted molar refractivity (Wildman–Crippen MR) is 66.6 cm³/mol. The summed E-state index contributed by atoms with van der Waals surface area (Å²) < 4.78 is 0. The summed E-state index contributed by atoms with van der Waals surface area (Å²) in [5.74, 6) is 0.606. The zero-order valence-electron chi connectivity index (χ0n) is 10.8. The van der Waals surface area contributed by atoms with Crippen molar-refractivity contribution in [3.05, 3.63) is 0 Å². The van der Waals surface area contributed by atoms with Crippen LogP contribution in [-0.2, 0) is 4.79 Å². The Labute approximate surface area is 103 Å². The Hall–Kier alpha value is -0.610. The largest absolute Gasteiger partial charge is 0.389 e. The van der Waals surface area contributed by atoms with Crippen LogP contribution < -0.4 is 10.6 Å². The van der Waals surface area contributed by atoms with Crippen LogP contribution in [0.1, 0.15) is 46.0 Å². The molecular formula is C13H24N2O2. The van der Waals surface area contributed by atoms with Crippen LogP contribution in [0.2, 0.25) is 0 Å². The summed E-state index contributed by atoms with van der Waals surface area (Å²) in [6.07, 6.45) is 5.42. The lowest BCUT2D eigenvalue weighted by Gasteiger charge is -2.29. The maximum Gasteiger partial charge on any atom is 0.220 e. The third-order valence-electron chi connectivity index (χ3n) is 3.76. The highest BCUT2D eigenvalue weighted by atomic mass is 16.3. The van der Waals surface area contributed by atoms with Crippen molar-refractivity contribution in [1.29, 1.82) is 0 Å². The van der Waals surface area contributed by atoms with Gasteiger partial charge in [-0.25, -0.2) is 0 Å². The van der Waals surface area contributed by atoms with Gasteiger partial charge in [-0.1, -0.05) is 0 Å². The molecule has 98 valence electrons. The Morgan fingerprint density at radius 1 is 1.35 bits per heavy atom. The zero-order valence-corrected chi connectivity index (χ0v) is 10.8. The molecule has 2 fully saturated rings. The first kappa shape index (κ1) is 12.8. The van der Waals surface area contributed by atoms with E-state index in [2.05, 4.69) is 10.6 Å². The van der Waals surface area contributed by atoms with E-state index in [4.69, 9.17) is 0 Å². The summed E-state index contributed by atoms with van der Waals surface area (Å²) in [6, 6.07) is 1.28. The first-order chi connectivity index (χ1) is 7.92. The van der Waals surface area contributed by atoms with E-state index in [1.165, 1.54) is 12.8 Å². The summed E-state index contributed by atoms with van der Waals surface area (Å²) in [7, 11) is 0. The number of nitrogens with one attached hydrogen (secondary N) is 2. The van der Waals surface area contributed by atoms with Gasteiger partial charge in [0.2, 0.25) is 5.91 Å². The molecule has 2 saturated heterocycles. The second-order valence-corrected chi connectivity index (χ2v) is 6.27. The van der Waals surface area contributed by atoms with Crippen molar-refractivity contribution in [2.75, 3.05) is 6.54 Å². The summed E-state index contributed by atoms with van der Waals surface area (Å²) in [5.41, 5.74) is -0.817. The monoisotopic (exact) mass is 240 g/mol. The minimum absolute atomic E-state index is 0.0819. The van der Waals surface area contributed by atoms with Gasteiger partial charge in [-0.15, -0.1) is 0 Å². The normalized spacial score (nSPS) is 32.5. The molecule has 2 rings (SSSR count). The molecule has 2 aliphatic rings. The predicted octanol–water partition coefficient (Wildman–Crippen LogP) is 0.794. The Morgan fingerprint density at radius 3 is 2.47 bits per heavy atom. The van der Waals surface area contributed by atoms with Crippen LogP contribution in [0.3, 0.4) is 0 Å². The van der Waals surface area contributed by atoms with Crippen molar-refractivity contribution in [1.82, 2.24) is 10.6 Å². The van der Waals surface area contributed by atoms with E-state index in [9.17, 15) is 9.90 Å². The SMILES string of the molecule is CC(C)(O)CNC(=O)CC1CC2CCC(C1)N2. The summed E-state index contributed by atoms with van der Waals surface area (Å²) in [5, 5.41) is 15.9. The number of hydrogen-bond donors (Lipinski definition) is 3. The zero-order chi connectivity index (χ0) is 12.5. The number of carbonyl (C=O) groups excluding carboxylic acids is 1. The van der Waals surface area contributed by atoms with Gasteiger partial charge in [-0.05, 0) is 45.4 Å². The van der Waals surface area contributed by atoms with Crippen LogP contribution in [-0.4, -0.2) is 35.2 Å². The molecule has 0 spiro atoms. The molecular weight excluding hydrogens is 216 g/mol. The maximum atomic E-state index is 11.7. The molecule has 2 aliphatic heterocycles. The molecule has 0 aliphatic carbocycles. The quantitative estimate of drug-likeness (QED) is 0.681. The topological polar surface area (TPSA) is 61.4 Å². The third kappa shape index (κ3) is 3.96. The average molecular weight is 240 g/mol. The van der Waals surface area contributed by atoms with Crippen LogP contribution in [0.4, 0.5) is 0 Å². The molecule has 0 saturated carbocycles. The van der Waals surface area contributed by atoms with E-state index in [-0.39, 0.29) is 5.91 Å². The maximum absolute atomic E-state index is 11.7. The van der Waals surface area contributed by atoms with Gasteiger partial charge in [0.05, 0.1) is 5.60 Å². The molecule has 2 atom stereocenters. The van der Waals surface area contributed by atoms with E-state index < -0.39 is 5.60 Å². The molecule has 0 aromatic rings. The Morgan fingerprint density at radius 2 is 1.94 bits per heavy atom. The number of amides is 1. The van der Waals surface area contributed by atoms with E-state index in [1.54, 1.807) is 13.8 Å². The van der Waals surface area contributed by atoms with Gasteiger partial charge < -0.3 is 15.7 Å². The fourth-order valence-electron chi connectivity index (χ4n) is 2.99. The average Bonchev–Trinajstić information content (AvgIpc) is 2.54. The number of rotatable bonds is 4. The number of hydrogen-bond acceptors (Lipinski definition) is 3. The minimum Gasteiger partial charge on any atom is -0.389 e. The smallest absolute Gasteiger partial charge is 0.220 e. The molecule has 17 heavy (non-hydrogen) atoms. The van der Waals surface area contributed by atoms with E-state index in [0.29, 0.717) is 31.0 Å². The van der Waals surface area contributed by atoms with Crippen LogP contribution in [0, 0.1) is 5.92 Å². The molecule has 3 N–H and O–H groups in total. The van der Waals surface area contributed by atoms with Gasteiger partial charge in [-0.3, -0.25) is 4.79 Å². The second kappa shape index (κ2) is 4.94. The molecule has 2 bridgehead atoms. The van der Waals surface area contributed by atoms with E-state index in [0.717, 1.165) is 12.8 Å². The Balaban J connectivity index is 1.72. The lowest BCUT2D eigenvalue weighted by molar-refractivity contribution is -0.123. The van der Waals surface area contributed by atoms with Crippen molar-refractivity contribution in [2.24, 2.45) is 5.92 Å². The van der Waals surface area contributed by atoms with Gasteiger partial charge in [0.1, 0.15) is 0 Å². The van der Waals surface area contributed by atoms with Crippen LogP contribution in [0.5, 0.6) is 0 Å². The fraction of sp³-hybridized carbons (Fsp3) is 0.923. The standard InChI is InChI=1S/C13H24N2O2/c1-13(2,17)8-14-12(16)7-9-5-10-3-4-11(6-9)15-10/h9-11,15,17H,3-8H2,1-2H3,(H,14,16). The molecule has 0 aromatic carbocycles. The molecule has 4 nitrogen and oxygen atoms in total. The number of fused-ring (bicyclic) bond motifs is 2. The highest BCUT2D eigenvalue weighted by Gasteiger charge is 2.34. The molecule has 2 unspecified atom stereocenters. The van der Waals surface area contributed by atoms with Gasteiger partial charge in [-0.2, -0.15) is 0 Å². The lowest BCUT2D eigenvalue weighted by atomic mass is 9.89. The van der Waals surface area contributed by atoms with Crippen molar-refractivity contribution in [3.8, 4) is 0 Å². The van der Waals surface area contributed by atoms with Crippen molar-refractivity contribution in [2.45, 2.75) is 63.6 Å². The first-order valence-corrected chi connectivity index (χ1v) is 6.67. The van der Waals surface area contributed by atoms with Gasteiger partial charge in [0.15, 0.2) is 0 Å². The minimum atomic E-state index is -0.817. The third-order valence-corrected chi connectivity index (χ3v) is 3.76. The van der Waals surface area contributed by atoms with E-state index in [1.807, 2.05) is 0 Å². The van der Waals surface area contributed by atoms with Crippen LogP contribution >= 0.6 is 0 Å².